The monoisotopic (exact) mass is 276 g/mol. The largest absolute Gasteiger partial charge is 0.376 e. The van der Waals surface area contributed by atoms with Crippen molar-refractivity contribution in [3.05, 3.63) is 64.5 Å². The quantitative estimate of drug-likeness (QED) is 0.923. The van der Waals surface area contributed by atoms with E-state index in [0.29, 0.717) is 17.7 Å². The van der Waals surface area contributed by atoms with Gasteiger partial charge in [-0.2, -0.15) is 5.26 Å². The first kappa shape index (κ1) is 13.9. The highest BCUT2D eigenvalue weighted by atomic mass is 19.1. The molecule has 0 amide bonds. The minimum atomic E-state index is -0.978. The summed E-state index contributed by atoms with van der Waals surface area (Å²) < 4.78 is 39.7. The summed E-state index contributed by atoms with van der Waals surface area (Å²) in [6, 6.07) is 8.28. The van der Waals surface area contributed by atoms with Crippen LogP contribution in [-0.4, -0.2) is 0 Å². The summed E-state index contributed by atoms with van der Waals surface area (Å²) >= 11 is 0. The number of anilines is 1. The Hall–Kier alpha value is -2.48. The van der Waals surface area contributed by atoms with Crippen LogP contribution < -0.4 is 5.32 Å². The second-order valence-corrected chi connectivity index (χ2v) is 4.35. The SMILES string of the molecule is Cc1cc(C#N)ccc1CNc1c(F)cc(F)cc1F. The Morgan fingerprint density at radius 3 is 2.30 bits per heavy atom. The Morgan fingerprint density at radius 2 is 1.75 bits per heavy atom. The van der Waals surface area contributed by atoms with Gasteiger partial charge in [0, 0.05) is 18.7 Å². The third kappa shape index (κ3) is 2.91. The number of hydrogen-bond acceptors (Lipinski definition) is 2. The number of halogens is 3. The Balaban J connectivity index is 2.20. The third-order valence-corrected chi connectivity index (χ3v) is 2.93. The van der Waals surface area contributed by atoms with E-state index in [2.05, 4.69) is 5.32 Å². The zero-order valence-corrected chi connectivity index (χ0v) is 10.7. The van der Waals surface area contributed by atoms with Crippen molar-refractivity contribution in [1.82, 2.24) is 0 Å². The molecule has 0 saturated heterocycles. The molecule has 0 aliphatic heterocycles. The van der Waals surface area contributed by atoms with Gasteiger partial charge < -0.3 is 5.32 Å². The molecular weight excluding hydrogens is 265 g/mol. The molecule has 0 saturated carbocycles. The van der Waals surface area contributed by atoms with Crippen molar-refractivity contribution >= 4 is 5.69 Å². The maximum atomic E-state index is 13.4. The number of aryl methyl sites for hydroxylation is 1. The molecule has 0 aliphatic rings. The fraction of sp³-hybridized carbons (Fsp3) is 0.133. The van der Waals surface area contributed by atoms with Gasteiger partial charge in [0.15, 0.2) is 11.6 Å². The van der Waals surface area contributed by atoms with Gasteiger partial charge in [-0.25, -0.2) is 13.2 Å². The number of rotatable bonds is 3. The number of nitrogens with zero attached hydrogens (tertiary/aromatic N) is 1. The standard InChI is InChI=1S/C15H11F3N2/c1-9-4-10(7-19)2-3-11(9)8-20-15-13(17)5-12(16)6-14(15)18/h2-6,20H,8H2,1H3. The maximum Gasteiger partial charge on any atom is 0.152 e. The molecule has 0 radical (unpaired) electrons. The first-order chi connectivity index (χ1) is 9.51. The molecule has 0 spiro atoms. The van der Waals surface area contributed by atoms with Crippen LogP contribution in [0.1, 0.15) is 16.7 Å². The maximum absolute atomic E-state index is 13.4. The van der Waals surface area contributed by atoms with E-state index >= 15 is 0 Å². The molecule has 2 aromatic rings. The van der Waals surface area contributed by atoms with Gasteiger partial charge in [-0.1, -0.05) is 6.07 Å². The summed E-state index contributed by atoms with van der Waals surface area (Å²) in [6.07, 6.45) is 0. The average Bonchev–Trinajstić information content (AvgIpc) is 2.39. The summed E-state index contributed by atoms with van der Waals surface area (Å²) in [5, 5.41) is 11.4. The summed E-state index contributed by atoms with van der Waals surface area (Å²) in [7, 11) is 0. The van der Waals surface area contributed by atoms with Gasteiger partial charge in [0.2, 0.25) is 0 Å². The molecule has 0 unspecified atom stereocenters. The number of benzene rings is 2. The lowest BCUT2D eigenvalue weighted by Crippen LogP contribution is -2.06. The summed E-state index contributed by atoms with van der Waals surface area (Å²) in [5.74, 6) is -2.91. The highest BCUT2D eigenvalue weighted by Gasteiger charge is 2.11. The molecule has 102 valence electrons. The van der Waals surface area contributed by atoms with E-state index in [1.165, 1.54) is 0 Å². The topological polar surface area (TPSA) is 35.8 Å². The molecule has 2 rings (SSSR count). The summed E-state index contributed by atoms with van der Waals surface area (Å²) in [5.41, 5.74) is 1.78. The normalized spacial score (nSPS) is 10.2. The summed E-state index contributed by atoms with van der Waals surface area (Å²) in [4.78, 5) is 0. The molecule has 5 heteroatoms. The molecule has 1 N–H and O–H groups in total. The van der Waals surface area contributed by atoms with Crippen LogP contribution in [0.25, 0.3) is 0 Å². The Labute approximate surface area is 114 Å². The van der Waals surface area contributed by atoms with E-state index in [9.17, 15) is 13.2 Å². The van der Waals surface area contributed by atoms with Gasteiger partial charge in [0.1, 0.15) is 11.5 Å². The van der Waals surface area contributed by atoms with Crippen LogP contribution in [-0.2, 0) is 6.54 Å². The molecule has 0 atom stereocenters. The minimum Gasteiger partial charge on any atom is -0.376 e. The van der Waals surface area contributed by atoms with E-state index < -0.39 is 17.5 Å². The van der Waals surface area contributed by atoms with E-state index in [4.69, 9.17) is 5.26 Å². The molecule has 0 fully saturated rings. The lowest BCUT2D eigenvalue weighted by atomic mass is 10.1. The zero-order chi connectivity index (χ0) is 14.7. The predicted molar refractivity (Wildman–Crippen MR) is 69.5 cm³/mol. The first-order valence-electron chi connectivity index (χ1n) is 5.89. The van der Waals surface area contributed by atoms with Crippen LogP contribution >= 0.6 is 0 Å². The molecule has 0 aromatic heterocycles. The highest BCUT2D eigenvalue weighted by molar-refractivity contribution is 5.48. The fourth-order valence-corrected chi connectivity index (χ4v) is 1.86. The Morgan fingerprint density at radius 1 is 1.10 bits per heavy atom. The molecule has 2 nitrogen and oxygen atoms in total. The van der Waals surface area contributed by atoms with Gasteiger partial charge in [-0.3, -0.25) is 0 Å². The molecular formula is C15H11F3N2. The Kier molecular flexibility index (Phi) is 3.94. The van der Waals surface area contributed by atoms with Crippen molar-refractivity contribution in [3.63, 3.8) is 0 Å². The molecule has 20 heavy (non-hydrogen) atoms. The van der Waals surface area contributed by atoms with Crippen LogP contribution in [0.15, 0.2) is 30.3 Å². The Bertz CT molecular complexity index is 667. The second-order valence-electron chi connectivity index (χ2n) is 4.35. The van der Waals surface area contributed by atoms with Crippen LogP contribution in [0, 0.1) is 35.7 Å². The van der Waals surface area contributed by atoms with Gasteiger partial charge in [-0.05, 0) is 30.2 Å². The number of hydrogen-bond donors (Lipinski definition) is 1. The first-order valence-corrected chi connectivity index (χ1v) is 5.89. The van der Waals surface area contributed by atoms with Crippen LogP contribution in [0.2, 0.25) is 0 Å². The zero-order valence-electron chi connectivity index (χ0n) is 10.7. The van der Waals surface area contributed by atoms with Gasteiger partial charge in [0.25, 0.3) is 0 Å². The number of nitrogens with one attached hydrogen (secondary N) is 1. The van der Waals surface area contributed by atoms with E-state index in [1.807, 2.05) is 6.07 Å². The van der Waals surface area contributed by atoms with Crippen molar-refractivity contribution in [2.75, 3.05) is 5.32 Å². The lowest BCUT2D eigenvalue weighted by molar-refractivity contribution is 0.547. The van der Waals surface area contributed by atoms with Crippen molar-refractivity contribution in [2.24, 2.45) is 0 Å². The van der Waals surface area contributed by atoms with Gasteiger partial charge >= 0.3 is 0 Å². The molecule has 0 heterocycles. The lowest BCUT2D eigenvalue weighted by Gasteiger charge is -2.11. The van der Waals surface area contributed by atoms with Crippen molar-refractivity contribution in [2.45, 2.75) is 13.5 Å². The molecule has 2 aromatic carbocycles. The smallest absolute Gasteiger partial charge is 0.152 e. The van der Waals surface area contributed by atoms with Crippen LogP contribution in [0.4, 0.5) is 18.9 Å². The van der Waals surface area contributed by atoms with Gasteiger partial charge in [0.05, 0.1) is 11.6 Å². The van der Waals surface area contributed by atoms with Gasteiger partial charge in [-0.15, -0.1) is 0 Å². The highest BCUT2D eigenvalue weighted by Crippen LogP contribution is 2.21. The third-order valence-electron chi connectivity index (χ3n) is 2.93. The van der Waals surface area contributed by atoms with Crippen LogP contribution in [0.3, 0.4) is 0 Å². The fourth-order valence-electron chi connectivity index (χ4n) is 1.86. The predicted octanol–water partition coefficient (Wildman–Crippen LogP) is 3.90. The molecule has 0 aliphatic carbocycles. The number of nitriles is 1. The van der Waals surface area contributed by atoms with E-state index in [-0.39, 0.29) is 12.2 Å². The minimum absolute atomic E-state index is 0.178. The van der Waals surface area contributed by atoms with Crippen molar-refractivity contribution < 1.29 is 13.2 Å². The van der Waals surface area contributed by atoms with E-state index in [1.54, 1.807) is 25.1 Å². The second kappa shape index (κ2) is 5.66. The average molecular weight is 276 g/mol. The van der Waals surface area contributed by atoms with Crippen LogP contribution in [0.5, 0.6) is 0 Å². The van der Waals surface area contributed by atoms with Crippen molar-refractivity contribution in [3.8, 4) is 6.07 Å². The van der Waals surface area contributed by atoms with E-state index in [0.717, 1.165) is 11.1 Å². The summed E-state index contributed by atoms with van der Waals surface area (Å²) in [6.45, 7) is 1.98. The molecule has 0 bridgehead atoms. The van der Waals surface area contributed by atoms with Crippen molar-refractivity contribution in [1.29, 1.82) is 5.26 Å².